The van der Waals surface area contributed by atoms with Crippen LogP contribution in [0.2, 0.25) is 0 Å². The van der Waals surface area contributed by atoms with Crippen molar-refractivity contribution in [3.63, 3.8) is 0 Å². The van der Waals surface area contributed by atoms with Crippen LogP contribution in [0.3, 0.4) is 0 Å². The Bertz CT molecular complexity index is 444. The van der Waals surface area contributed by atoms with Crippen LogP contribution >= 0.6 is 0 Å². The highest BCUT2D eigenvalue weighted by molar-refractivity contribution is 5.99. The Morgan fingerprint density at radius 3 is 2.67 bits per heavy atom. The van der Waals surface area contributed by atoms with Crippen molar-refractivity contribution < 1.29 is 23.1 Å². The minimum absolute atomic E-state index is 0.162. The third-order valence-electron chi connectivity index (χ3n) is 2.16. The number of oxime groups is 1. The Morgan fingerprint density at radius 2 is 2.11 bits per heavy atom. The smallest absolute Gasteiger partial charge is 0.392 e. The van der Waals surface area contributed by atoms with Gasteiger partial charge in [-0.3, -0.25) is 0 Å². The number of halogens is 3. The highest BCUT2D eigenvalue weighted by Gasteiger charge is 2.27. The molecule has 0 spiro atoms. The second-order valence-corrected chi connectivity index (χ2v) is 3.70. The summed E-state index contributed by atoms with van der Waals surface area (Å²) in [6, 6.07) is 4.74. The van der Waals surface area contributed by atoms with E-state index in [1.807, 2.05) is 0 Å². The molecule has 0 aliphatic carbocycles. The van der Waals surface area contributed by atoms with Gasteiger partial charge >= 0.3 is 6.18 Å². The number of hydrogen-bond donors (Lipinski definition) is 2. The van der Waals surface area contributed by atoms with Gasteiger partial charge in [-0.15, -0.1) is 0 Å². The quantitative estimate of drug-likeness (QED) is 0.379. The molecule has 0 aliphatic rings. The normalized spacial score (nSPS) is 12.6. The van der Waals surface area contributed by atoms with Crippen LogP contribution in [0.5, 0.6) is 5.75 Å². The molecular formula is C11H13F3N2O2. The molecule has 1 rings (SSSR count). The zero-order valence-corrected chi connectivity index (χ0v) is 9.66. The van der Waals surface area contributed by atoms with Gasteiger partial charge in [-0.05, 0) is 24.6 Å². The molecule has 0 atom stereocenters. The van der Waals surface area contributed by atoms with E-state index in [0.29, 0.717) is 0 Å². The summed E-state index contributed by atoms with van der Waals surface area (Å²) in [5, 5.41) is 11.4. The highest BCUT2D eigenvalue weighted by atomic mass is 19.4. The van der Waals surface area contributed by atoms with Gasteiger partial charge in [-0.25, -0.2) is 0 Å². The molecule has 1 aromatic rings. The van der Waals surface area contributed by atoms with E-state index in [1.165, 1.54) is 12.1 Å². The maximum Gasteiger partial charge on any atom is 0.392 e. The monoisotopic (exact) mass is 262 g/mol. The third kappa shape index (κ3) is 4.15. The first-order valence-electron chi connectivity index (χ1n) is 5.11. The van der Waals surface area contributed by atoms with Gasteiger partial charge in [0.05, 0.1) is 18.6 Å². The molecule has 0 radical (unpaired) electrons. The van der Waals surface area contributed by atoms with Gasteiger partial charge in [0.1, 0.15) is 5.75 Å². The van der Waals surface area contributed by atoms with Crippen molar-refractivity contribution in [3.05, 3.63) is 29.3 Å². The van der Waals surface area contributed by atoms with Gasteiger partial charge in [-0.1, -0.05) is 11.2 Å². The Balaban J connectivity index is 2.83. The van der Waals surface area contributed by atoms with Crippen molar-refractivity contribution >= 4 is 5.84 Å². The topological polar surface area (TPSA) is 67.8 Å². The lowest BCUT2D eigenvalue weighted by Crippen LogP contribution is -2.17. The molecule has 0 heterocycles. The van der Waals surface area contributed by atoms with E-state index in [1.54, 1.807) is 13.0 Å². The summed E-state index contributed by atoms with van der Waals surface area (Å²) in [6.45, 7) is 1.24. The maximum absolute atomic E-state index is 12.0. The zero-order chi connectivity index (χ0) is 13.8. The highest BCUT2D eigenvalue weighted by Crippen LogP contribution is 2.23. The van der Waals surface area contributed by atoms with Gasteiger partial charge in [0.2, 0.25) is 0 Å². The van der Waals surface area contributed by atoms with E-state index < -0.39 is 19.2 Å². The second-order valence-electron chi connectivity index (χ2n) is 3.70. The van der Waals surface area contributed by atoms with E-state index in [-0.39, 0.29) is 17.1 Å². The predicted octanol–water partition coefficient (Wildman–Crippen LogP) is 2.42. The SMILES string of the molecule is Cc1ccc(/C(N)=N/O)c(OCCC(F)(F)F)c1. The van der Waals surface area contributed by atoms with Crippen molar-refractivity contribution in [2.45, 2.75) is 19.5 Å². The summed E-state index contributed by atoms with van der Waals surface area (Å²) in [5.74, 6) is -0.0495. The van der Waals surface area contributed by atoms with Gasteiger partial charge in [0.15, 0.2) is 5.84 Å². The minimum atomic E-state index is -4.28. The molecule has 1 aromatic carbocycles. The van der Waals surface area contributed by atoms with Gasteiger partial charge in [0.25, 0.3) is 0 Å². The molecule has 0 saturated carbocycles. The van der Waals surface area contributed by atoms with Crippen LogP contribution in [-0.2, 0) is 0 Å². The van der Waals surface area contributed by atoms with Crippen molar-refractivity contribution in [2.24, 2.45) is 10.9 Å². The van der Waals surface area contributed by atoms with Crippen molar-refractivity contribution in [3.8, 4) is 5.75 Å². The predicted molar refractivity (Wildman–Crippen MR) is 59.9 cm³/mol. The van der Waals surface area contributed by atoms with Crippen LogP contribution in [0.25, 0.3) is 0 Å². The average Bonchev–Trinajstić information content (AvgIpc) is 2.26. The van der Waals surface area contributed by atoms with Gasteiger partial charge in [-0.2, -0.15) is 13.2 Å². The first-order chi connectivity index (χ1) is 8.33. The fourth-order valence-electron chi connectivity index (χ4n) is 1.29. The van der Waals surface area contributed by atoms with Crippen molar-refractivity contribution in [2.75, 3.05) is 6.61 Å². The van der Waals surface area contributed by atoms with Gasteiger partial charge in [0, 0.05) is 0 Å². The molecule has 4 nitrogen and oxygen atoms in total. The summed E-state index contributed by atoms with van der Waals surface area (Å²) in [4.78, 5) is 0. The number of ether oxygens (including phenoxy) is 1. The van der Waals surface area contributed by atoms with Crippen LogP contribution in [0.15, 0.2) is 23.4 Å². The van der Waals surface area contributed by atoms with E-state index in [4.69, 9.17) is 15.7 Å². The summed E-state index contributed by atoms with van der Waals surface area (Å²) < 4.78 is 41.0. The lowest BCUT2D eigenvalue weighted by molar-refractivity contribution is -0.139. The Kier molecular flexibility index (Phi) is 4.41. The maximum atomic E-state index is 12.0. The minimum Gasteiger partial charge on any atom is -0.492 e. The molecule has 0 unspecified atom stereocenters. The number of amidine groups is 1. The fraction of sp³-hybridized carbons (Fsp3) is 0.364. The molecule has 7 heteroatoms. The largest absolute Gasteiger partial charge is 0.492 e. The third-order valence-corrected chi connectivity index (χ3v) is 2.16. The molecule has 0 saturated heterocycles. The first kappa shape index (κ1) is 14.1. The molecule has 3 N–H and O–H groups in total. The van der Waals surface area contributed by atoms with E-state index in [0.717, 1.165) is 5.56 Å². The number of rotatable bonds is 4. The van der Waals surface area contributed by atoms with E-state index in [9.17, 15) is 13.2 Å². The lowest BCUT2D eigenvalue weighted by Gasteiger charge is -2.12. The molecule has 18 heavy (non-hydrogen) atoms. The Hall–Kier alpha value is -1.92. The summed E-state index contributed by atoms with van der Waals surface area (Å²) >= 11 is 0. The standard InChI is InChI=1S/C11H13F3N2O2/c1-7-2-3-8(10(15)16-17)9(6-7)18-5-4-11(12,13)14/h2-3,6,17H,4-5H2,1H3,(H2,15,16). The lowest BCUT2D eigenvalue weighted by atomic mass is 10.1. The first-order valence-corrected chi connectivity index (χ1v) is 5.11. The van der Waals surface area contributed by atoms with Crippen LogP contribution < -0.4 is 10.5 Å². The Labute approximate surface area is 102 Å². The number of hydrogen-bond acceptors (Lipinski definition) is 3. The summed E-state index contributed by atoms with van der Waals surface area (Å²) in [7, 11) is 0. The molecule has 100 valence electrons. The Morgan fingerprint density at radius 1 is 1.44 bits per heavy atom. The number of nitrogens with zero attached hydrogens (tertiary/aromatic N) is 1. The molecule has 0 bridgehead atoms. The molecule has 0 amide bonds. The number of benzene rings is 1. The number of aryl methyl sites for hydroxylation is 1. The van der Waals surface area contributed by atoms with Crippen LogP contribution in [0, 0.1) is 6.92 Å². The molecule has 0 fully saturated rings. The van der Waals surface area contributed by atoms with E-state index in [2.05, 4.69) is 5.16 Å². The molecular weight excluding hydrogens is 249 g/mol. The van der Waals surface area contributed by atoms with Crippen LogP contribution in [-0.4, -0.2) is 23.8 Å². The fourth-order valence-corrected chi connectivity index (χ4v) is 1.29. The van der Waals surface area contributed by atoms with Gasteiger partial charge < -0.3 is 15.7 Å². The number of nitrogens with two attached hydrogens (primary N) is 1. The van der Waals surface area contributed by atoms with Crippen LogP contribution in [0.4, 0.5) is 13.2 Å². The van der Waals surface area contributed by atoms with Crippen LogP contribution in [0.1, 0.15) is 17.5 Å². The summed E-state index contributed by atoms with van der Waals surface area (Å²) in [5.41, 5.74) is 6.45. The second kappa shape index (κ2) is 5.61. The zero-order valence-electron chi connectivity index (χ0n) is 9.66. The molecule has 0 aromatic heterocycles. The number of alkyl halides is 3. The summed E-state index contributed by atoms with van der Waals surface area (Å²) in [6.07, 6.45) is -5.34. The van der Waals surface area contributed by atoms with Crippen molar-refractivity contribution in [1.29, 1.82) is 0 Å². The average molecular weight is 262 g/mol. The van der Waals surface area contributed by atoms with E-state index >= 15 is 0 Å². The van der Waals surface area contributed by atoms with Crippen molar-refractivity contribution in [1.82, 2.24) is 0 Å². The molecule has 0 aliphatic heterocycles.